The Morgan fingerprint density at radius 2 is 1.67 bits per heavy atom. The molecule has 172 valence electrons. The molecule has 0 atom stereocenters. The van der Waals surface area contributed by atoms with Crippen molar-refractivity contribution in [1.82, 2.24) is 20.2 Å². The average Bonchev–Trinajstić information content (AvgIpc) is 3.48. The van der Waals surface area contributed by atoms with Crippen LogP contribution >= 0.6 is 11.6 Å². The van der Waals surface area contributed by atoms with E-state index in [1.165, 1.54) is 4.80 Å². The van der Waals surface area contributed by atoms with Gasteiger partial charge in [0.05, 0.1) is 5.56 Å². The standard InChI is InChI=1S/C24H27ClN6O2/c1-24(2,3)19-10-6-18(7-11-19)22(32)33-28-21(17-8-12-20(25)13-9-17)16-31-27-23(26-29-31)30-14-4-5-15-30/h6-13H,4-5,14-16H2,1-3H3/b28-21-. The van der Waals surface area contributed by atoms with Gasteiger partial charge in [-0.15, -0.1) is 5.10 Å². The molecule has 1 aliphatic rings. The van der Waals surface area contributed by atoms with Crippen molar-refractivity contribution < 1.29 is 9.63 Å². The first kappa shape index (κ1) is 22.9. The highest BCUT2D eigenvalue weighted by Gasteiger charge is 2.19. The van der Waals surface area contributed by atoms with Crippen LogP contribution in [0.15, 0.2) is 53.7 Å². The van der Waals surface area contributed by atoms with E-state index < -0.39 is 5.97 Å². The summed E-state index contributed by atoms with van der Waals surface area (Å²) in [4.78, 5) is 21.5. The number of anilines is 1. The maximum atomic E-state index is 12.6. The van der Waals surface area contributed by atoms with Crippen LogP contribution in [0.2, 0.25) is 5.02 Å². The fourth-order valence-corrected chi connectivity index (χ4v) is 3.68. The molecule has 9 heteroatoms. The molecule has 1 aliphatic heterocycles. The van der Waals surface area contributed by atoms with Crippen LogP contribution in [0.4, 0.5) is 5.95 Å². The second-order valence-corrected chi connectivity index (χ2v) is 9.50. The zero-order valence-electron chi connectivity index (χ0n) is 19.0. The number of oxime groups is 1. The van der Waals surface area contributed by atoms with E-state index in [-0.39, 0.29) is 12.0 Å². The predicted octanol–water partition coefficient (Wildman–Crippen LogP) is 4.49. The Bertz CT molecular complexity index is 1130. The smallest absolute Gasteiger partial charge is 0.338 e. The van der Waals surface area contributed by atoms with Crippen molar-refractivity contribution in [3.63, 3.8) is 0 Å². The molecular weight excluding hydrogens is 440 g/mol. The summed E-state index contributed by atoms with van der Waals surface area (Å²) in [5.41, 5.74) is 2.79. The molecule has 0 bridgehead atoms. The van der Waals surface area contributed by atoms with Crippen LogP contribution in [0.5, 0.6) is 0 Å². The Balaban J connectivity index is 1.53. The van der Waals surface area contributed by atoms with Crippen LogP contribution < -0.4 is 4.90 Å². The number of hydrogen-bond donors (Lipinski definition) is 0. The third-order valence-corrected chi connectivity index (χ3v) is 5.78. The topological polar surface area (TPSA) is 85.5 Å². The van der Waals surface area contributed by atoms with Crippen LogP contribution in [-0.2, 0) is 16.8 Å². The van der Waals surface area contributed by atoms with Crippen LogP contribution in [0, 0.1) is 0 Å². The van der Waals surface area contributed by atoms with E-state index in [1.807, 2.05) is 24.3 Å². The number of halogens is 1. The Labute approximate surface area is 198 Å². The molecule has 0 spiro atoms. The van der Waals surface area contributed by atoms with Crippen molar-refractivity contribution >= 4 is 29.2 Å². The summed E-state index contributed by atoms with van der Waals surface area (Å²) in [7, 11) is 0. The molecule has 0 aliphatic carbocycles. The summed E-state index contributed by atoms with van der Waals surface area (Å²) in [6, 6.07) is 14.5. The molecular formula is C24H27ClN6O2. The fraction of sp³-hybridized carbons (Fsp3) is 0.375. The van der Waals surface area contributed by atoms with Gasteiger partial charge in [0.2, 0.25) is 0 Å². The van der Waals surface area contributed by atoms with Gasteiger partial charge in [-0.05, 0) is 53.3 Å². The molecule has 8 nitrogen and oxygen atoms in total. The first-order chi connectivity index (χ1) is 15.8. The van der Waals surface area contributed by atoms with Gasteiger partial charge in [0.15, 0.2) is 0 Å². The monoisotopic (exact) mass is 466 g/mol. The Kier molecular flexibility index (Phi) is 6.74. The minimum atomic E-state index is -0.536. The molecule has 0 N–H and O–H groups in total. The predicted molar refractivity (Wildman–Crippen MR) is 128 cm³/mol. The number of hydrogen-bond acceptors (Lipinski definition) is 7. The van der Waals surface area contributed by atoms with Gasteiger partial charge in [-0.1, -0.05) is 66.9 Å². The van der Waals surface area contributed by atoms with E-state index in [9.17, 15) is 4.79 Å². The Morgan fingerprint density at radius 1 is 1.03 bits per heavy atom. The first-order valence-corrected chi connectivity index (χ1v) is 11.3. The van der Waals surface area contributed by atoms with Crippen LogP contribution in [0.3, 0.4) is 0 Å². The Hall–Kier alpha value is -3.26. The quantitative estimate of drug-likeness (QED) is 0.302. The van der Waals surface area contributed by atoms with Crippen molar-refractivity contribution in [1.29, 1.82) is 0 Å². The lowest BCUT2D eigenvalue weighted by molar-refractivity contribution is 0.0515. The van der Waals surface area contributed by atoms with Crippen molar-refractivity contribution in [3.05, 3.63) is 70.2 Å². The van der Waals surface area contributed by atoms with E-state index in [0.29, 0.717) is 22.2 Å². The molecule has 2 aromatic carbocycles. The van der Waals surface area contributed by atoms with E-state index in [2.05, 4.69) is 46.2 Å². The molecule has 0 amide bonds. The van der Waals surface area contributed by atoms with Crippen LogP contribution in [-0.4, -0.2) is 45.0 Å². The summed E-state index contributed by atoms with van der Waals surface area (Å²) in [5, 5.41) is 17.5. The molecule has 4 rings (SSSR count). The van der Waals surface area contributed by atoms with Gasteiger partial charge >= 0.3 is 5.97 Å². The molecule has 1 aromatic heterocycles. The minimum absolute atomic E-state index is 0.00105. The fourth-order valence-electron chi connectivity index (χ4n) is 3.55. The van der Waals surface area contributed by atoms with Crippen LogP contribution in [0.1, 0.15) is 55.1 Å². The SMILES string of the molecule is CC(C)(C)c1ccc(C(=O)O/N=C(/Cn2nnc(N3CCCC3)n2)c2ccc(Cl)cc2)cc1. The summed E-state index contributed by atoms with van der Waals surface area (Å²) >= 11 is 6.03. The highest BCUT2D eigenvalue weighted by molar-refractivity contribution is 6.30. The zero-order chi connectivity index (χ0) is 23.4. The van der Waals surface area contributed by atoms with Crippen LogP contribution in [0.25, 0.3) is 0 Å². The third kappa shape index (κ3) is 5.76. The van der Waals surface area contributed by atoms with Crippen molar-refractivity contribution in [2.45, 2.75) is 45.6 Å². The molecule has 1 fully saturated rings. The lowest BCUT2D eigenvalue weighted by Crippen LogP contribution is -2.20. The third-order valence-electron chi connectivity index (χ3n) is 5.53. The van der Waals surface area contributed by atoms with E-state index in [1.54, 1.807) is 24.3 Å². The molecule has 2 heterocycles. The highest BCUT2D eigenvalue weighted by Crippen LogP contribution is 2.22. The van der Waals surface area contributed by atoms with E-state index in [0.717, 1.165) is 37.1 Å². The lowest BCUT2D eigenvalue weighted by atomic mass is 9.87. The molecule has 0 saturated carbocycles. The number of rotatable bonds is 6. The summed E-state index contributed by atoms with van der Waals surface area (Å²) in [6.45, 7) is 8.41. The van der Waals surface area contributed by atoms with Gasteiger partial charge in [0.1, 0.15) is 12.3 Å². The van der Waals surface area contributed by atoms with Gasteiger partial charge in [0, 0.05) is 23.7 Å². The molecule has 1 saturated heterocycles. The van der Waals surface area contributed by atoms with Crippen molar-refractivity contribution in [2.75, 3.05) is 18.0 Å². The minimum Gasteiger partial charge on any atom is -0.338 e. The zero-order valence-corrected chi connectivity index (χ0v) is 19.8. The molecule has 3 aromatic rings. The number of aromatic nitrogens is 4. The molecule has 0 unspecified atom stereocenters. The summed E-state index contributed by atoms with van der Waals surface area (Å²) < 4.78 is 0. The summed E-state index contributed by atoms with van der Waals surface area (Å²) in [6.07, 6.45) is 2.25. The average molecular weight is 467 g/mol. The normalized spacial score (nSPS) is 14.5. The van der Waals surface area contributed by atoms with E-state index in [4.69, 9.17) is 16.4 Å². The van der Waals surface area contributed by atoms with Gasteiger partial charge in [0.25, 0.3) is 5.95 Å². The Morgan fingerprint density at radius 3 is 2.30 bits per heavy atom. The number of benzene rings is 2. The second kappa shape index (κ2) is 9.70. The maximum Gasteiger partial charge on any atom is 0.365 e. The first-order valence-electron chi connectivity index (χ1n) is 11.0. The van der Waals surface area contributed by atoms with Crippen molar-refractivity contribution in [3.8, 4) is 0 Å². The largest absolute Gasteiger partial charge is 0.365 e. The molecule has 33 heavy (non-hydrogen) atoms. The maximum absolute atomic E-state index is 12.6. The number of carbonyl (C=O) groups excluding carboxylic acids is 1. The number of tetrazole rings is 1. The molecule has 0 radical (unpaired) electrons. The van der Waals surface area contributed by atoms with Gasteiger partial charge in [-0.3, -0.25) is 0 Å². The number of nitrogens with zero attached hydrogens (tertiary/aromatic N) is 6. The summed E-state index contributed by atoms with van der Waals surface area (Å²) in [5.74, 6) is 0.0603. The van der Waals surface area contributed by atoms with E-state index >= 15 is 0 Å². The van der Waals surface area contributed by atoms with Gasteiger partial charge in [-0.25, -0.2) is 4.79 Å². The second-order valence-electron chi connectivity index (χ2n) is 9.06. The van der Waals surface area contributed by atoms with Crippen molar-refractivity contribution in [2.24, 2.45) is 5.16 Å². The number of carbonyl (C=O) groups is 1. The van der Waals surface area contributed by atoms with Gasteiger partial charge < -0.3 is 9.74 Å². The van der Waals surface area contributed by atoms with Gasteiger partial charge in [-0.2, -0.15) is 4.80 Å². The highest BCUT2D eigenvalue weighted by atomic mass is 35.5. The lowest BCUT2D eigenvalue weighted by Gasteiger charge is -2.18.